The molecule has 1 fully saturated rings. The molecule has 10 heteroatoms. The molecule has 1 aliphatic carbocycles. The number of amides is 2. The van der Waals surface area contributed by atoms with E-state index in [2.05, 4.69) is 9.97 Å². The second kappa shape index (κ2) is 5.26. The van der Waals surface area contributed by atoms with E-state index in [1.807, 2.05) is 10.6 Å². The molecule has 1 aromatic heterocycles. The topological polar surface area (TPSA) is 107 Å². The number of carbonyl (C=O) groups excluding carboxylic acids is 1. The first kappa shape index (κ1) is 15.1. The summed E-state index contributed by atoms with van der Waals surface area (Å²) in [5.41, 5.74) is -1.78. The Morgan fingerprint density at radius 1 is 1.48 bits per heavy atom. The van der Waals surface area contributed by atoms with Gasteiger partial charge in [-0.25, -0.2) is 14.6 Å². The van der Waals surface area contributed by atoms with Crippen LogP contribution in [0.4, 0.5) is 18.0 Å². The third-order valence-electron chi connectivity index (χ3n) is 3.23. The van der Waals surface area contributed by atoms with Crippen LogP contribution >= 0.6 is 0 Å². The molecule has 0 aliphatic heterocycles. The summed E-state index contributed by atoms with van der Waals surface area (Å²) >= 11 is 0. The lowest BCUT2D eigenvalue weighted by Crippen LogP contribution is -2.55. The van der Waals surface area contributed by atoms with Gasteiger partial charge < -0.3 is 20.7 Å². The number of nitrogens with one attached hydrogen (secondary N) is 3. The molecule has 2 rings (SSSR count). The predicted molar refractivity (Wildman–Crippen MR) is 63.4 cm³/mol. The number of halogens is 3. The van der Waals surface area contributed by atoms with Crippen molar-refractivity contribution in [2.75, 3.05) is 0 Å². The van der Waals surface area contributed by atoms with Gasteiger partial charge in [0.1, 0.15) is 11.6 Å². The number of imidazole rings is 1. The van der Waals surface area contributed by atoms with Crippen molar-refractivity contribution in [2.24, 2.45) is 0 Å². The number of hydrogen-bond acceptors (Lipinski definition) is 3. The zero-order valence-electron chi connectivity index (χ0n) is 10.7. The number of carboxylic acid groups (broad SMARTS) is 1. The minimum atomic E-state index is -4.55. The second-order valence-electron chi connectivity index (χ2n) is 4.85. The van der Waals surface area contributed by atoms with Gasteiger partial charge in [0, 0.05) is 18.3 Å². The Hall–Kier alpha value is -2.26. The zero-order valence-corrected chi connectivity index (χ0v) is 10.7. The van der Waals surface area contributed by atoms with Gasteiger partial charge in [-0.05, 0) is 12.8 Å². The van der Waals surface area contributed by atoms with Crippen LogP contribution in [-0.4, -0.2) is 44.8 Å². The van der Waals surface area contributed by atoms with Crippen molar-refractivity contribution in [1.82, 2.24) is 20.6 Å². The van der Waals surface area contributed by atoms with Crippen molar-refractivity contribution < 1.29 is 27.9 Å². The number of alkyl halides is 3. The van der Waals surface area contributed by atoms with E-state index >= 15 is 0 Å². The summed E-state index contributed by atoms with van der Waals surface area (Å²) in [6.07, 6.45) is -2.37. The molecular formula is C11H13F3N4O3. The van der Waals surface area contributed by atoms with Gasteiger partial charge in [0.2, 0.25) is 0 Å². The van der Waals surface area contributed by atoms with Crippen LogP contribution in [0.15, 0.2) is 12.5 Å². The molecule has 1 atom stereocenters. The van der Waals surface area contributed by atoms with Crippen molar-refractivity contribution >= 4 is 12.0 Å². The Morgan fingerprint density at radius 3 is 2.57 bits per heavy atom. The molecular weight excluding hydrogens is 293 g/mol. The molecule has 1 saturated carbocycles. The van der Waals surface area contributed by atoms with E-state index in [1.165, 1.54) is 12.5 Å². The van der Waals surface area contributed by atoms with Crippen molar-refractivity contribution in [3.63, 3.8) is 0 Å². The standard InChI is InChI=1S/C11H13F3N4O3/c12-11(13,14)10(1-2-10)18-9(21)17-7(8(19)20)3-6-4-15-5-16-6/h4-5,7H,1-3H2,(H,15,16)(H,19,20)(H2,17,18,21)/t7-/m0/s1. The monoisotopic (exact) mass is 306 g/mol. The number of H-pyrrole nitrogens is 1. The van der Waals surface area contributed by atoms with Gasteiger partial charge in [-0.15, -0.1) is 0 Å². The number of carboxylic acids is 1. The lowest BCUT2D eigenvalue weighted by molar-refractivity contribution is -0.162. The number of carbonyl (C=O) groups is 2. The first-order valence-electron chi connectivity index (χ1n) is 6.09. The van der Waals surface area contributed by atoms with E-state index in [0.717, 1.165) is 0 Å². The number of urea groups is 1. The highest BCUT2D eigenvalue weighted by Gasteiger charge is 2.64. The number of aliphatic carboxylic acids is 1. The third kappa shape index (κ3) is 3.44. The molecule has 1 heterocycles. The first-order chi connectivity index (χ1) is 9.73. The highest BCUT2D eigenvalue weighted by molar-refractivity contribution is 5.83. The van der Waals surface area contributed by atoms with Gasteiger partial charge in [-0.3, -0.25) is 0 Å². The number of rotatable bonds is 5. The van der Waals surface area contributed by atoms with Crippen LogP contribution in [0.2, 0.25) is 0 Å². The average Bonchev–Trinajstić information content (AvgIpc) is 2.97. The van der Waals surface area contributed by atoms with Gasteiger partial charge in [0.15, 0.2) is 0 Å². The van der Waals surface area contributed by atoms with Crippen molar-refractivity contribution in [2.45, 2.75) is 37.0 Å². The summed E-state index contributed by atoms with van der Waals surface area (Å²) in [6, 6.07) is -2.51. The summed E-state index contributed by atoms with van der Waals surface area (Å²) in [5.74, 6) is -1.35. The summed E-state index contributed by atoms with van der Waals surface area (Å²) in [4.78, 5) is 29.0. The van der Waals surface area contributed by atoms with Gasteiger partial charge in [0.05, 0.1) is 6.33 Å². The fraction of sp³-hybridized carbons (Fsp3) is 0.545. The lowest BCUT2D eigenvalue weighted by Gasteiger charge is -2.22. The third-order valence-corrected chi connectivity index (χ3v) is 3.23. The number of nitrogens with zero attached hydrogens (tertiary/aromatic N) is 1. The molecule has 0 radical (unpaired) electrons. The molecule has 0 bridgehead atoms. The average molecular weight is 306 g/mol. The quantitative estimate of drug-likeness (QED) is 0.645. The van der Waals surface area contributed by atoms with Crippen LogP contribution < -0.4 is 10.6 Å². The Kier molecular flexibility index (Phi) is 3.79. The molecule has 0 spiro atoms. The van der Waals surface area contributed by atoms with E-state index in [1.54, 1.807) is 0 Å². The minimum absolute atomic E-state index is 0.109. The molecule has 0 unspecified atom stereocenters. The molecule has 21 heavy (non-hydrogen) atoms. The zero-order chi connectivity index (χ0) is 15.7. The van der Waals surface area contributed by atoms with Gasteiger partial charge in [-0.1, -0.05) is 0 Å². The molecule has 0 saturated heterocycles. The lowest BCUT2D eigenvalue weighted by atomic mass is 10.1. The van der Waals surface area contributed by atoms with Gasteiger partial charge in [-0.2, -0.15) is 13.2 Å². The van der Waals surface area contributed by atoms with Gasteiger partial charge >= 0.3 is 18.2 Å². The molecule has 116 valence electrons. The van der Waals surface area contributed by atoms with Crippen molar-refractivity contribution in [1.29, 1.82) is 0 Å². The maximum atomic E-state index is 12.7. The SMILES string of the molecule is O=C(N[C@@H](Cc1cnc[nH]1)C(=O)O)NC1(C(F)(F)F)CC1. The molecule has 1 aromatic rings. The fourth-order valence-corrected chi connectivity index (χ4v) is 1.83. The smallest absolute Gasteiger partial charge is 0.411 e. The summed E-state index contributed by atoms with van der Waals surface area (Å²) in [5, 5.41) is 12.8. The van der Waals surface area contributed by atoms with E-state index < -0.39 is 29.8 Å². The van der Waals surface area contributed by atoms with Gasteiger partial charge in [0.25, 0.3) is 0 Å². The Labute approximate surface area is 116 Å². The molecule has 4 N–H and O–H groups in total. The van der Waals surface area contributed by atoms with Crippen LogP contribution in [0.25, 0.3) is 0 Å². The molecule has 2 amide bonds. The molecule has 1 aliphatic rings. The minimum Gasteiger partial charge on any atom is -0.480 e. The molecule has 7 nitrogen and oxygen atoms in total. The summed E-state index contributed by atoms with van der Waals surface area (Å²) in [6.45, 7) is 0. The van der Waals surface area contributed by atoms with Crippen LogP contribution in [0.5, 0.6) is 0 Å². The number of aromatic nitrogens is 2. The van der Waals surface area contributed by atoms with E-state index in [9.17, 15) is 22.8 Å². The summed E-state index contributed by atoms with van der Waals surface area (Å²) in [7, 11) is 0. The van der Waals surface area contributed by atoms with Crippen LogP contribution in [-0.2, 0) is 11.2 Å². The molecule has 0 aromatic carbocycles. The maximum Gasteiger partial charge on any atom is 0.411 e. The Balaban J connectivity index is 1.95. The normalized spacial score (nSPS) is 17.9. The Bertz CT molecular complexity index is 525. The predicted octanol–water partition coefficient (Wildman–Crippen LogP) is 0.799. The highest BCUT2D eigenvalue weighted by atomic mass is 19.4. The fourth-order valence-electron chi connectivity index (χ4n) is 1.83. The maximum absolute atomic E-state index is 12.7. The summed E-state index contributed by atoms with van der Waals surface area (Å²) < 4.78 is 38.1. The Morgan fingerprint density at radius 2 is 2.14 bits per heavy atom. The van der Waals surface area contributed by atoms with Crippen molar-refractivity contribution in [3.8, 4) is 0 Å². The largest absolute Gasteiger partial charge is 0.480 e. The second-order valence-corrected chi connectivity index (χ2v) is 4.85. The van der Waals surface area contributed by atoms with E-state index in [-0.39, 0.29) is 19.3 Å². The highest BCUT2D eigenvalue weighted by Crippen LogP contribution is 2.48. The van der Waals surface area contributed by atoms with E-state index in [4.69, 9.17) is 5.11 Å². The first-order valence-corrected chi connectivity index (χ1v) is 6.09. The number of aromatic amines is 1. The van der Waals surface area contributed by atoms with Crippen molar-refractivity contribution in [3.05, 3.63) is 18.2 Å². The van der Waals surface area contributed by atoms with Crippen LogP contribution in [0.3, 0.4) is 0 Å². The van der Waals surface area contributed by atoms with Crippen LogP contribution in [0.1, 0.15) is 18.5 Å². The number of hydrogen-bond donors (Lipinski definition) is 4. The van der Waals surface area contributed by atoms with Crippen LogP contribution in [0, 0.1) is 0 Å². The van der Waals surface area contributed by atoms with E-state index in [0.29, 0.717) is 5.69 Å².